The van der Waals surface area contributed by atoms with Crippen LogP contribution < -0.4 is 11.5 Å². The van der Waals surface area contributed by atoms with Gasteiger partial charge in [0.2, 0.25) is 0 Å². The number of hydrogen-bond donors (Lipinski definition) is 5. The highest BCUT2D eigenvalue weighted by Crippen LogP contribution is 1.98. The molecule has 14 heavy (non-hydrogen) atoms. The highest BCUT2D eigenvalue weighted by atomic mass is 31.1. The second kappa shape index (κ2) is 10.6. The van der Waals surface area contributed by atoms with Crippen LogP contribution in [0.2, 0.25) is 0 Å². The average molecular weight is 228 g/mol. The molecule has 0 amide bonds. The van der Waals surface area contributed by atoms with Gasteiger partial charge in [-0.25, -0.2) is 0 Å². The fraction of sp³-hybridized carbons (Fsp3) is 0.833. The number of carboxylic acids is 1. The van der Waals surface area contributed by atoms with Crippen LogP contribution in [0, 0.1) is 0 Å². The second-order valence-electron chi connectivity index (χ2n) is 2.51. The minimum atomic E-state index is -3.13. The van der Waals surface area contributed by atoms with Gasteiger partial charge in [-0.3, -0.25) is 9.36 Å². The zero-order valence-electron chi connectivity index (χ0n) is 7.72. The van der Waals surface area contributed by atoms with E-state index in [2.05, 4.69) is 0 Å². The summed E-state index contributed by atoms with van der Waals surface area (Å²) >= 11 is 0. The molecule has 0 aromatic heterocycles. The van der Waals surface area contributed by atoms with Crippen molar-refractivity contribution in [1.82, 2.24) is 0 Å². The summed E-state index contributed by atoms with van der Waals surface area (Å²) < 4.78 is 8.74. The number of carbonyl (C=O) groups is 1. The molecule has 0 aromatic carbocycles. The van der Waals surface area contributed by atoms with Gasteiger partial charge >= 0.3 is 14.2 Å². The van der Waals surface area contributed by atoms with E-state index in [9.17, 15) is 4.79 Å². The molecule has 1 atom stereocenters. The van der Waals surface area contributed by atoms with Crippen molar-refractivity contribution in [2.45, 2.75) is 25.3 Å². The van der Waals surface area contributed by atoms with Crippen LogP contribution in [0.5, 0.6) is 0 Å². The van der Waals surface area contributed by atoms with Gasteiger partial charge in [0.1, 0.15) is 6.04 Å². The highest BCUT2D eigenvalue weighted by molar-refractivity contribution is 7.30. The first-order chi connectivity index (χ1) is 6.41. The summed E-state index contributed by atoms with van der Waals surface area (Å²) in [7, 11) is -3.13. The molecule has 0 rings (SSSR count). The van der Waals surface area contributed by atoms with Gasteiger partial charge in [-0.2, -0.15) is 0 Å². The molecule has 0 spiro atoms. The summed E-state index contributed by atoms with van der Waals surface area (Å²) in [5.41, 5.74) is 10.4. The first-order valence-electron chi connectivity index (χ1n) is 4.02. The van der Waals surface area contributed by atoms with Gasteiger partial charge in [0.25, 0.3) is 0 Å². The lowest BCUT2D eigenvalue weighted by atomic mass is 10.1. The molecule has 0 aromatic rings. The van der Waals surface area contributed by atoms with Crippen LogP contribution in [0.3, 0.4) is 0 Å². The third-order valence-electron chi connectivity index (χ3n) is 1.29. The van der Waals surface area contributed by atoms with E-state index in [1.165, 1.54) is 0 Å². The Morgan fingerprint density at radius 1 is 1.36 bits per heavy atom. The molecule has 0 saturated carbocycles. The average Bonchev–Trinajstić information content (AvgIpc) is 2.03. The van der Waals surface area contributed by atoms with Crippen LogP contribution in [0.25, 0.3) is 0 Å². The quantitative estimate of drug-likeness (QED) is 0.296. The standard InChI is InChI=1S/C6H14N2O2.H3O3P/c7-4-2-1-3-5(8)6(9)10;1-4(2)3/h5H,1-4,7-8H2,(H,9,10);4H,(H2,1,2,3)/t5-;/m0./s1. The predicted octanol–water partition coefficient (Wildman–Crippen LogP) is -1.11. The summed E-state index contributed by atoms with van der Waals surface area (Å²) in [6.45, 7) is 0.604. The van der Waals surface area contributed by atoms with Crippen LogP contribution in [-0.4, -0.2) is 33.4 Å². The molecule has 0 aliphatic carbocycles. The van der Waals surface area contributed by atoms with E-state index in [4.69, 9.17) is 30.9 Å². The molecule has 0 radical (unpaired) electrons. The van der Waals surface area contributed by atoms with Gasteiger partial charge in [-0.05, 0) is 19.4 Å². The Balaban J connectivity index is 0. The number of hydrogen-bond acceptors (Lipinski definition) is 4. The molecule has 86 valence electrons. The number of unbranched alkanes of at least 4 members (excludes halogenated alkanes) is 1. The van der Waals surface area contributed by atoms with Gasteiger partial charge < -0.3 is 26.4 Å². The van der Waals surface area contributed by atoms with E-state index in [0.29, 0.717) is 13.0 Å². The molecule has 0 fully saturated rings. The van der Waals surface area contributed by atoms with Crippen molar-refractivity contribution in [1.29, 1.82) is 0 Å². The smallest absolute Gasteiger partial charge is 0.320 e. The van der Waals surface area contributed by atoms with E-state index in [1.807, 2.05) is 0 Å². The number of rotatable bonds is 5. The molecule has 0 unspecified atom stereocenters. The lowest BCUT2D eigenvalue weighted by Gasteiger charge is -2.03. The summed E-state index contributed by atoms with van der Waals surface area (Å²) in [6.07, 6.45) is 2.16. The maximum absolute atomic E-state index is 10.1. The molecule has 0 aliphatic heterocycles. The lowest BCUT2D eigenvalue weighted by Crippen LogP contribution is -2.29. The monoisotopic (exact) mass is 228 g/mol. The molecule has 0 aliphatic rings. The number of aliphatic carboxylic acids is 1. The van der Waals surface area contributed by atoms with Gasteiger partial charge in [-0.15, -0.1) is 0 Å². The number of nitrogens with two attached hydrogens (primary N) is 2. The second-order valence-corrected chi connectivity index (χ2v) is 3.08. The van der Waals surface area contributed by atoms with E-state index < -0.39 is 20.3 Å². The third kappa shape index (κ3) is 17.6. The Labute approximate surface area is 82.7 Å². The van der Waals surface area contributed by atoms with Crippen molar-refractivity contribution in [2.24, 2.45) is 11.5 Å². The Kier molecular flexibility index (Phi) is 12.1. The Morgan fingerprint density at radius 3 is 2.07 bits per heavy atom. The van der Waals surface area contributed by atoms with E-state index in [-0.39, 0.29) is 0 Å². The molecule has 0 bridgehead atoms. The molecule has 7 N–H and O–H groups in total. The van der Waals surface area contributed by atoms with Crippen molar-refractivity contribution < 1.29 is 24.3 Å². The van der Waals surface area contributed by atoms with E-state index in [1.54, 1.807) is 0 Å². The van der Waals surface area contributed by atoms with Gasteiger partial charge in [0.15, 0.2) is 0 Å². The zero-order chi connectivity index (χ0) is 11.6. The van der Waals surface area contributed by atoms with Crippen LogP contribution in [0.15, 0.2) is 0 Å². The van der Waals surface area contributed by atoms with Crippen molar-refractivity contribution in [3.63, 3.8) is 0 Å². The summed E-state index contributed by atoms with van der Waals surface area (Å²) in [5.74, 6) is -0.933. The summed E-state index contributed by atoms with van der Waals surface area (Å²) in [4.78, 5) is 24.5. The largest absolute Gasteiger partial charge is 0.480 e. The van der Waals surface area contributed by atoms with Gasteiger partial charge in [0, 0.05) is 0 Å². The van der Waals surface area contributed by atoms with Crippen LogP contribution in [0.4, 0.5) is 0 Å². The predicted molar refractivity (Wildman–Crippen MR) is 52.0 cm³/mol. The third-order valence-corrected chi connectivity index (χ3v) is 1.29. The Hall–Kier alpha value is -0.460. The minimum absolute atomic E-state index is 0.520. The normalized spacial score (nSPS) is 11.8. The molecule has 0 heterocycles. The highest BCUT2D eigenvalue weighted by Gasteiger charge is 2.09. The molecule has 0 saturated heterocycles. The maximum Gasteiger partial charge on any atom is 0.320 e. The first kappa shape index (κ1) is 16.0. The maximum atomic E-state index is 10.1. The SMILES string of the molecule is NCCCC[C@H](N)C(=O)O.O=[PH](O)O. The summed E-state index contributed by atoms with van der Waals surface area (Å²) in [6, 6.07) is -0.716. The molecule has 8 heteroatoms. The van der Waals surface area contributed by atoms with Crippen LogP contribution in [0.1, 0.15) is 19.3 Å². The fourth-order valence-corrected chi connectivity index (χ4v) is 0.632. The van der Waals surface area contributed by atoms with Crippen molar-refractivity contribution in [3.8, 4) is 0 Å². The topological polar surface area (TPSA) is 147 Å². The molecular formula is C6H17N2O5P. The Morgan fingerprint density at radius 2 is 1.79 bits per heavy atom. The van der Waals surface area contributed by atoms with Crippen LogP contribution in [-0.2, 0) is 9.36 Å². The van der Waals surface area contributed by atoms with E-state index in [0.717, 1.165) is 12.8 Å². The minimum Gasteiger partial charge on any atom is -0.480 e. The fourth-order valence-electron chi connectivity index (χ4n) is 0.632. The Bertz CT molecular complexity index is 174. The van der Waals surface area contributed by atoms with Crippen molar-refractivity contribution >= 4 is 14.2 Å². The first-order valence-corrected chi connectivity index (χ1v) is 5.32. The molecular weight excluding hydrogens is 211 g/mol. The molecule has 7 nitrogen and oxygen atoms in total. The zero-order valence-corrected chi connectivity index (χ0v) is 8.72. The van der Waals surface area contributed by atoms with Crippen LogP contribution >= 0.6 is 8.25 Å². The van der Waals surface area contributed by atoms with Gasteiger partial charge in [0.05, 0.1) is 0 Å². The number of carboxylic acid groups (broad SMARTS) is 1. The lowest BCUT2D eigenvalue weighted by molar-refractivity contribution is -0.138. The summed E-state index contributed by atoms with van der Waals surface area (Å²) in [5, 5.41) is 8.33. The van der Waals surface area contributed by atoms with Crippen molar-refractivity contribution in [3.05, 3.63) is 0 Å². The van der Waals surface area contributed by atoms with Crippen molar-refractivity contribution in [2.75, 3.05) is 6.54 Å². The van der Waals surface area contributed by atoms with E-state index >= 15 is 0 Å². The van der Waals surface area contributed by atoms with Gasteiger partial charge in [-0.1, -0.05) is 6.42 Å².